The number of aliphatic imine (C=N–C) groups is 2. The summed E-state index contributed by atoms with van der Waals surface area (Å²) >= 11 is 0. The van der Waals surface area contributed by atoms with E-state index in [1.807, 2.05) is 24.3 Å². The second-order valence-electron chi connectivity index (χ2n) is 15.0. The summed E-state index contributed by atoms with van der Waals surface area (Å²) in [5, 5.41) is 8.30. The van der Waals surface area contributed by atoms with E-state index < -0.39 is 0 Å². The zero-order valence-electron chi connectivity index (χ0n) is 30.8. The smallest absolute Gasteiger partial charge is 0.230 e. The van der Waals surface area contributed by atoms with Gasteiger partial charge in [-0.05, 0) is 41.0 Å². The van der Waals surface area contributed by atoms with Crippen molar-refractivity contribution in [2.45, 2.75) is 18.1 Å². The summed E-state index contributed by atoms with van der Waals surface area (Å²) in [6, 6.07) is 57.8. The van der Waals surface area contributed by atoms with E-state index in [1.54, 1.807) is 0 Å². The van der Waals surface area contributed by atoms with Crippen molar-refractivity contribution in [3.8, 4) is 16.8 Å². The average Bonchev–Trinajstić information content (AvgIpc) is 3.95. The molecule has 0 fully saturated rings. The number of benzene rings is 7. The van der Waals surface area contributed by atoms with E-state index in [1.165, 1.54) is 16.3 Å². The van der Waals surface area contributed by atoms with Gasteiger partial charge in [-0.15, -0.1) is 0 Å². The van der Waals surface area contributed by atoms with Crippen LogP contribution in [0.2, 0.25) is 0 Å². The van der Waals surface area contributed by atoms with Crippen LogP contribution in [0.5, 0.6) is 0 Å². The quantitative estimate of drug-likeness (QED) is 0.196. The summed E-state index contributed by atoms with van der Waals surface area (Å²) in [7, 11) is 0. The highest BCUT2D eigenvalue weighted by Gasteiger charge is 2.42. The molecule has 0 amide bonds. The second kappa shape index (κ2) is 12.5. The molecule has 0 saturated carbocycles. The number of allylic oxidation sites excluding steroid dienone is 2. The number of anilines is 1. The van der Waals surface area contributed by atoms with E-state index in [-0.39, 0.29) is 18.1 Å². The molecule has 3 unspecified atom stereocenters. The van der Waals surface area contributed by atoms with Crippen LogP contribution < -0.4 is 10.2 Å². The number of amidine groups is 1. The third-order valence-corrected chi connectivity index (χ3v) is 11.8. The molecule has 6 heteroatoms. The summed E-state index contributed by atoms with van der Waals surface area (Å²) in [4.78, 5) is 13.2. The van der Waals surface area contributed by atoms with E-state index in [4.69, 9.17) is 14.4 Å². The molecule has 0 spiro atoms. The standard InChI is InChI=1S/C51H35N5O/c1-3-15-32(16-4-1)49-52-50(33-17-5-2-6-18-33)54-51(53-49)56-44-27-11-8-22-38(44)41-30-29-40-37-21-7-10-26-43(37)55(46(40)47(41)56)35-20-13-19-34(31-35)36-24-14-25-42-39-23-9-12-28-45(39)57-48(36)42/h1-31,38,44,49H,(H,52,53,54). The lowest BCUT2D eigenvalue weighted by Gasteiger charge is -2.32. The third kappa shape index (κ3) is 4.90. The van der Waals surface area contributed by atoms with Gasteiger partial charge in [0.2, 0.25) is 5.96 Å². The van der Waals surface area contributed by atoms with Gasteiger partial charge in [0, 0.05) is 44.3 Å². The molecule has 12 rings (SSSR count). The minimum atomic E-state index is -0.317. The average molecular weight is 734 g/mol. The maximum Gasteiger partial charge on any atom is 0.230 e. The molecule has 9 aromatic rings. The molecule has 3 aliphatic rings. The Kier molecular flexibility index (Phi) is 7.01. The Morgan fingerprint density at radius 2 is 1.33 bits per heavy atom. The second-order valence-corrected chi connectivity index (χ2v) is 15.0. The molecule has 4 heterocycles. The first-order valence-electron chi connectivity index (χ1n) is 19.5. The van der Waals surface area contributed by atoms with Gasteiger partial charge in [-0.25, -0.2) is 4.99 Å². The molecule has 6 nitrogen and oxygen atoms in total. The van der Waals surface area contributed by atoms with Crippen molar-refractivity contribution in [3.05, 3.63) is 205 Å². The summed E-state index contributed by atoms with van der Waals surface area (Å²) in [5.41, 5.74) is 11.8. The molecule has 57 heavy (non-hydrogen) atoms. The lowest BCUT2D eigenvalue weighted by atomic mass is 9.91. The zero-order valence-corrected chi connectivity index (χ0v) is 30.8. The van der Waals surface area contributed by atoms with Crippen LogP contribution in [0.4, 0.5) is 5.69 Å². The number of furan rings is 1. The molecule has 2 aromatic heterocycles. The maximum absolute atomic E-state index is 6.53. The van der Waals surface area contributed by atoms with Gasteiger partial charge >= 0.3 is 0 Å². The number of fused-ring (bicyclic) bond motifs is 10. The van der Waals surface area contributed by atoms with Crippen LogP contribution in [-0.2, 0) is 0 Å². The van der Waals surface area contributed by atoms with Crippen LogP contribution in [0.25, 0.3) is 60.6 Å². The van der Waals surface area contributed by atoms with Gasteiger partial charge in [0.1, 0.15) is 23.2 Å². The van der Waals surface area contributed by atoms with Gasteiger partial charge in [-0.1, -0.05) is 164 Å². The molecular formula is C51H35N5O. The monoisotopic (exact) mass is 733 g/mol. The van der Waals surface area contributed by atoms with Gasteiger partial charge in [-0.3, -0.25) is 0 Å². The number of guanidine groups is 1. The Bertz CT molecular complexity index is 3190. The molecule has 1 N–H and O–H groups in total. The topological polar surface area (TPSA) is 58.1 Å². The molecule has 270 valence electrons. The van der Waals surface area contributed by atoms with Crippen LogP contribution >= 0.6 is 0 Å². The highest BCUT2D eigenvalue weighted by Crippen LogP contribution is 2.51. The molecule has 7 aromatic carbocycles. The van der Waals surface area contributed by atoms with Crippen LogP contribution in [0.1, 0.15) is 28.8 Å². The SMILES string of the molecule is C1=CC2c3ccc4c5ccccc5n(-c5cccc(-c6cccc7c6oc6ccccc67)c5)c4c3N(C3=NC(c4ccccc4)NC(c4ccccc4)=N3)C2C=C1. The van der Waals surface area contributed by atoms with E-state index in [9.17, 15) is 0 Å². The fraction of sp³-hybridized carbons (Fsp3) is 0.0588. The largest absolute Gasteiger partial charge is 0.455 e. The number of hydrogen-bond acceptors (Lipinski definition) is 5. The van der Waals surface area contributed by atoms with Crippen molar-refractivity contribution in [2.75, 3.05) is 4.90 Å². The van der Waals surface area contributed by atoms with Gasteiger partial charge in [-0.2, -0.15) is 4.99 Å². The maximum atomic E-state index is 6.53. The molecule has 0 saturated heterocycles. The van der Waals surface area contributed by atoms with Crippen molar-refractivity contribution in [1.29, 1.82) is 0 Å². The Labute approximate surface area is 329 Å². The number of aromatic nitrogens is 1. The first kappa shape index (κ1) is 31.9. The highest BCUT2D eigenvalue weighted by molar-refractivity contribution is 6.20. The summed E-state index contributed by atoms with van der Waals surface area (Å²) in [6.07, 6.45) is 8.65. The number of para-hydroxylation sites is 3. The van der Waals surface area contributed by atoms with Crippen LogP contribution in [0.15, 0.2) is 202 Å². The number of rotatable bonds is 4. The van der Waals surface area contributed by atoms with Crippen LogP contribution in [0.3, 0.4) is 0 Å². The lowest BCUT2D eigenvalue weighted by molar-refractivity contribution is 0.661. The number of nitrogens with zero attached hydrogens (tertiary/aromatic N) is 4. The highest BCUT2D eigenvalue weighted by atomic mass is 16.3. The molecule has 1 aliphatic carbocycles. The molecule has 0 radical (unpaired) electrons. The minimum Gasteiger partial charge on any atom is -0.455 e. The van der Waals surface area contributed by atoms with Crippen molar-refractivity contribution in [1.82, 2.24) is 9.88 Å². The summed E-state index contributed by atoms with van der Waals surface area (Å²) < 4.78 is 8.98. The minimum absolute atomic E-state index is 0.00636. The van der Waals surface area contributed by atoms with Crippen molar-refractivity contribution in [3.63, 3.8) is 0 Å². The fourth-order valence-corrected chi connectivity index (χ4v) is 9.24. The Morgan fingerprint density at radius 3 is 2.23 bits per heavy atom. The third-order valence-electron chi connectivity index (χ3n) is 11.8. The van der Waals surface area contributed by atoms with Crippen LogP contribution in [0, 0.1) is 0 Å². The van der Waals surface area contributed by atoms with Gasteiger partial charge < -0.3 is 19.2 Å². The molecule has 2 aliphatic heterocycles. The fourth-order valence-electron chi connectivity index (χ4n) is 9.24. The Balaban J connectivity index is 1.11. The molecule has 3 atom stereocenters. The zero-order chi connectivity index (χ0) is 37.5. The van der Waals surface area contributed by atoms with Gasteiger partial charge in [0.25, 0.3) is 0 Å². The van der Waals surface area contributed by atoms with E-state index in [2.05, 4.69) is 179 Å². The summed E-state index contributed by atoms with van der Waals surface area (Å²) in [5.74, 6) is 1.61. The predicted octanol–water partition coefficient (Wildman–Crippen LogP) is 11.9. The Hall–Kier alpha value is -7.44. The van der Waals surface area contributed by atoms with Crippen molar-refractivity contribution >= 4 is 61.2 Å². The molecule has 0 bridgehead atoms. The predicted molar refractivity (Wildman–Crippen MR) is 234 cm³/mol. The first-order chi connectivity index (χ1) is 28.3. The normalized spacial score (nSPS) is 18.5. The van der Waals surface area contributed by atoms with E-state index in [0.717, 1.165) is 72.4 Å². The van der Waals surface area contributed by atoms with Gasteiger partial charge in [0.05, 0.1) is 22.8 Å². The van der Waals surface area contributed by atoms with Crippen LogP contribution in [-0.4, -0.2) is 22.4 Å². The van der Waals surface area contributed by atoms with Crippen molar-refractivity contribution in [2.24, 2.45) is 9.98 Å². The van der Waals surface area contributed by atoms with E-state index >= 15 is 0 Å². The van der Waals surface area contributed by atoms with Gasteiger partial charge in [0.15, 0.2) is 0 Å². The van der Waals surface area contributed by atoms with E-state index in [0.29, 0.717) is 5.96 Å². The number of hydrogen-bond donors (Lipinski definition) is 1. The first-order valence-corrected chi connectivity index (χ1v) is 19.5. The lowest BCUT2D eigenvalue weighted by Crippen LogP contribution is -2.43. The Morgan fingerprint density at radius 1 is 0.596 bits per heavy atom. The summed E-state index contributed by atoms with van der Waals surface area (Å²) in [6.45, 7) is 0. The number of nitrogens with one attached hydrogen (secondary N) is 1. The van der Waals surface area contributed by atoms with Crippen molar-refractivity contribution < 1.29 is 4.42 Å². The molecular weight excluding hydrogens is 699 g/mol.